The van der Waals surface area contributed by atoms with Crippen molar-refractivity contribution in [2.75, 3.05) is 32.0 Å². The number of fused-ring (bicyclic) bond motifs is 1. The van der Waals surface area contributed by atoms with Crippen LogP contribution in [0.4, 0.5) is 10.1 Å². The maximum Gasteiger partial charge on any atom is 0.241 e. The van der Waals surface area contributed by atoms with Crippen LogP contribution in [0.5, 0.6) is 0 Å². The summed E-state index contributed by atoms with van der Waals surface area (Å²) in [5.74, 6) is -0.161. The van der Waals surface area contributed by atoms with Crippen LogP contribution in [0.3, 0.4) is 0 Å². The number of thiazole rings is 1. The molecule has 5 nitrogen and oxygen atoms in total. The Morgan fingerprint density at radius 3 is 2.70 bits per heavy atom. The molecule has 3 heterocycles. The van der Waals surface area contributed by atoms with Crippen molar-refractivity contribution >= 4 is 44.9 Å². The number of hydrogen-bond donors (Lipinski definition) is 1. The second-order valence-corrected chi connectivity index (χ2v) is 11.7. The van der Waals surface area contributed by atoms with Crippen molar-refractivity contribution in [3.05, 3.63) is 53.3 Å². The van der Waals surface area contributed by atoms with Crippen LogP contribution in [0.2, 0.25) is 0 Å². The Labute approximate surface area is 202 Å². The summed E-state index contributed by atoms with van der Waals surface area (Å²) in [6.07, 6.45) is 2.95. The third kappa shape index (κ3) is 5.24. The Kier molecular flexibility index (Phi) is 6.69. The maximum atomic E-state index is 13.5. The van der Waals surface area contributed by atoms with Gasteiger partial charge in [-0.15, -0.1) is 23.1 Å². The van der Waals surface area contributed by atoms with Crippen LogP contribution in [-0.2, 0) is 4.79 Å². The van der Waals surface area contributed by atoms with Crippen molar-refractivity contribution in [1.29, 1.82) is 0 Å². The van der Waals surface area contributed by atoms with Gasteiger partial charge in [-0.05, 0) is 88.8 Å². The quantitative estimate of drug-likeness (QED) is 0.552. The molecule has 2 fully saturated rings. The van der Waals surface area contributed by atoms with Crippen molar-refractivity contribution in [2.24, 2.45) is 0 Å². The minimum atomic E-state index is -0.219. The first-order valence-electron chi connectivity index (χ1n) is 11.5. The van der Waals surface area contributed by atoms with Gasteiger partial charge >= 0.3 is 0 Å². The molecule has 3 aromatic rings. The molecular weight excluding hydrogens is 455 g/mol. The molecular formula is C25H29FN4OS2. The highest BCUT2D eigenvalue weighted by atomic mass is 32.2. The van der Waals surface area contributed by atoms with E-state index < -0.39 is 0 Å². The van der Waals surface area contributed by atoms with Crippen LogP contribution in [0.1, 0.15) is 24.3 Å². The summed E-state index contributed by atoms with van der Waals surface area (Å²) in [6.45, 7) is 4.99. The zero-order chi connectivity index (χ0) is 22.9. The lowest BCUT2D eigenvalue weighted by Crippen LogP contribution is -2.49. The Morgan fingerprint density at radius 1 is 1.18 bits per heavy atom. The fraction of sp³-hybridized carbons (Fsp3) is 0.440. The van der Waals surface area contributed by atoms with Gasteiger partial charge in [-0.2, -0.15) is 0 Å². The molecule has 2 aliphatic heterocycles. The Morgan fingerprint density at radius 2 is 1.94 bits per heavy atom. The molecule has 2 aliphatic rings. The molecule has 0 radical (unpaired) electrons. The van der Waals surface area contributed by atoms with Crippen molar-refractivity contribution in [3.63, 3.8) is 0 Å². The second-order valence-electron chi connectivity index (χ2n) is 9.08. The molecule has 0 spiro atoms. The first kappa shape index (κ1) is 22.8. The lowest BCUT2D eigenvalue weighted by Gasteiger charge is -2.37. The summed E-state index contributed by atoms with van der Waals surface area (Å²) < 4.78 is 14.5. The smallest absolute Gasteiger partial charge is 0.241 e. The normalized spacial score (nSPS) is 22.8. The monoisotopic (exact) mass is 484 g/mol. The fourth-order valence-corrected chi connectivity index (χ4v) is 6.96. The van der Waals surface area contributed by atoms with Crippen LogP contribution in [0, 0.1) is 12.7 Å². The number of carbonyl (C=O) groups excluding carboxylic acids is 1. The number of thioether (sulfide) groups is 1. The minimum Gasteiger partial charge on any atom is -0.325 e. The number of halogens is 1. The molecule has 2 aromatic carbocycles. The van der Waals surface area contributed by atoms with Crippen molar-refractivity contribution in [3.8, 4) is 0 Å². The average molecular weight is 485 g/mol. The number of nitrogens with one attached hydrogen (secondary N) is 1. The highest BCUT2D eigenvalue weighted by Gasteiger charge is 2.41. The average Bonchev–Trinajstić information content (AvgIpc) is 3.38. The zero-order valence-corrected chi connectivity index (χ0v) is 20.6. The molecule has 2 atom stereocenters. The van der Waals surface area contributed by atoms with Gasteiger partial charge in [0.1, 0.15) is 5.82 Å². The number of anilines is 1. The van der Waals surface area contributed by atoms with Gasteiger partial charge in [0, 0.05) is 28.4 Å². The lowest BCUT2D eigenvalue weighted by atomic mass is 10.0. The van der Waals surface area contributed by atoms with Gasteiger partial charge in [-0.1, -0.05) is 0 Å². The van der Waals surface area contributed by atoms with E-state index in [9.17, 15) is 9.18 Å². The molecule has 0 bridgehead atoms. The number of rotatable bonds is 5. The van der Waals surface area contributed by atoms with Crippen LogP contribution >= 0.6 is 23.1 Å². The molecule has 1 N–H and O–H groups in total. The number of carbonyl (C=O) groups is 1. The Balaban J connectivity index is 1.33. The van der Waals surface area contributed by atoms with E-state index in [2.05, 4.69) is 27.1 Å². The molecule has 1 amide bonds. The van der Waals surface area contributed by atoms with Gasteiger partial charge < -0.3 is 10.2 Å². The maximum absolute atomic E-state index is 13.5. The number of aryl methyl sites for hydroxylation is 1. The molecule has 33 heavy (non-hydrogen) atoms. The van der Waals surface area contributed by atoms with E-state index in [0.29, 0.717) is 11.3 Å². The van der Waals surface area contributed by atoms with Gasteiger partial charge in [0.2, 0.25) is 5.91 Å². The zero-order valence-electron chi connectivity index (χ0n) is 19.0. The summed E-state index contributed by atoms with van der Waals surface area (Å²) >= 11 is 3.42. The molecule has 0 unspecified atom stereocenters. The number of amides is 1. The van der Waals surface area contributed by atoms with Gasteiger partial charge in [0.05, 0.1) is 21.3 Å². The van der Waals surface area contributed by atoms with E-state index in [0.717, 1.165) is 64.7 Å². The number of benzene rings is 2. The number of nitrogens with zero attached hydrogens (tertiary/aromatic N) is 3. The number of piperidine rings is 1. The van der Waals surface area contributed by atoms with Crippen molar-refractivity contribution < 1.29 is 9.18 Å². The third-order valence-electron chi connectivity index (χ3n) is 6.64. The SMILES string of the molecule is Cc1nc2cc(NC(=O)[C@@H]3C[C@@H](Sc4ccc(F)cc4)CN3C3CCN(C)CC3)ccc2s1. The molecule has 174 valence electrons. The fourth-order valence-electron chi connectivity index (χ4n) is 4.95. The molecule has 0 aliphatic carbocycles. The summed E-state index contributed by atoms with van der Waals surface area (Å²) in [4.78, 5) is 23.9. The molecule has 0 saturated carbocycles. The largest absolute Gasteiger partial charge is 0.325 e. The van der Waals surface area contributed by atoms with Crippen LogP contribution < -0.4 is 5.32 Å². The third-order valence-corrected chi connectivity index (χ3v) is 8.81. The van der Waals surface area contributed by atoms with Gasteiger partial charge in [-0.3, -0.25) is 9.69 Å². The van der Waals surface area contributed by atoms with Crippen LogP contribution in [0.15, 0.2) is 47.4 Å². The molecule has 5 rings (SSSR count). The topological polar surface area (TPSA) is 48.5 Å². The summed E-state index contributed by atoms with van der Waals surface area (Å²) in [5, 5.41) is 4.50. The van der Waals surface area contributed by atoms with E-state index in [1.165, 1.54) is 12.1 Å². The predicted octanol–water partition coefficient (Wildman–Crippen LogP) is 5.01. The molecule has 2 saturated heterocycles. The first-order valence-corrected chi connectivity index (χ1v) is 13.2. The number of aromatic nitrogens is 1. The van der Waals surface area contributed by atoms with E-state index in [1.807, 2.05) is 37.3 Å². The predicted molar refractivity (Wildman–Crippen MR) is 135 cm³/mol. The van der Waals surface area contributed by atoms with E-state index >= 15 is 0 Å². The van der Waals surface area contributed by atoms with Gasteiger partial charge in [-0.25, -0.2) is 9.37 Å². The lowest BCUT2D eigenvalue weighted by molar-refractivity contribution is -0.121. The van der Waals surface area contributed by atoms with Crippen LogP contribution in [-0.4, -0.2) is 64.7 Å². The second kappa shape index (κ2) is 9.70. The van der Waals surface area contributed by atoms with E-state index in [4.69, 9.17) is 0 Å². The first-order chi connectivity index (χ1) is 15.9. The van der Waals surface area contributed by atoms with E-state index in [1.54, 1.807) is 23.1 Å². The highest BCUT2D eigenvalue weighted by molar-refractivity contribution is 8.00. The highest BCUT2D eigenvalue weighted by Crippen LogP contribution is 2.36. The van der Waals surface area contributed by atoms with Crippen molar-refractivity contribution in [2.45, 2.75) is 48.4 Å². The molecule has 1 aromatic heterocycles. The van der Waals surface area contributed by atoms with Gasteiger partial charge in [0.25, 0.3) is 0 Å². The standard InChI is InChI=1S/C25H29FN4OS2/c1-16-27-22-13-18(5-8-24(22)32-16)28-25(31)23-14-21(33-20-6-3-17(26)4-7-20)15-30(23)19-9-11-29(2)12-10-19/h3-8,13,19,21,23H,9-12,14-15H2,1-2H3,(H,28,31)/t21-,23+/m1/s1. The van der Waals surface area contributed by atoms with E-state index in [-0.39, 0.29) is 17.8 Å². The summed E-state index contributed by atoms with van der Waals surface area (Å²) in [6, 6.07) is 12.9. The number of hydrogen-bond acceptors (Lipinski definition) is 6. The Bertz CT molecular complexity index is 1130. The number of likely N-dealkylation sites (tertiary alicyclic amines) is 2. The Hall–Kier alpha value is -2.00. The minimum absolute atomic E-state index is 0.0578. The summed E-state index contributed by atoms with van der Waals surface area (Å²) in [5.41, 5.74) is 1.73. The van der Waals surface area contributed by atoms with Gasteiger partial charge in [0.15, 0.2) is 0 Å². The van der Waals surface area contributed by atoms with Crippen molar-refractivity contribution in [1.82, 2.24) is 14.8 Å². The molecule has 8 heteroatoms. The summed E-state index contributed by atoms with van der Waals surface area (Å²) in [7, 11) is 2.16. The van der Waals surface area contributed by atoms with Crippen LogP contribution in [0.25, 0.3) is 10.2 Å².